The van der Waals surface area contributed by atoms with E-state index in [9.17, 15) is 4.79 Å². The minimum absolute atomic E-state index is 0.0338. The van der Waals surface area contributed by atoms with E-state index in [4.69, 9.17) is 4.74 Å². The highest BCUT2D eigenvalue weighted by molar-refractivity contribution is 5.95. The molecule has 5 heteroatoms. The van der Waals surface area contributed by atoms with Crippen LogP contribution in [0, 0.1) is 12.8 Å². The largest absolute Gasteiger partial charge is 0.381 e. The fraction of sp³-hybridized carbons (Fsp3) is 0.571. The lowest BCUT2D eigenvalue weighted by Gasteiger charge is -2.22. The molecule has 0 saturated carbocycles. The molecule has 0 atom stereocenters. The fourth-order valence-electron chi connectivity index (χ4n) is 2.22. The third kappa shape index (κ3) is 3.92. The SMILES string of the molecule is CNc1cc(C(=O)NCC2CCOCC2)cc(C)n1. The van der Waals surface area contributed by atoms with E-state index in [1.165, 1.54) is 0 Å². The van der Waals surface area contributed by atoms with Gasteiger partial charge in [-0.25, -0.2) is 4.98 Å². The van der Waals surface area contributed by atoms with Gasteiger partial charge in [0.1, 0.15) is 5.82 Å². The second-order valence-electron chi connectivity index (χ2n) is 4.90. The number of amides is 1. The van der Waals surface area contributed by atoms with Gasteiger partial charge in [-0.3, -0.25) is 4.79 Å². The Hall–Kier alpha value is -1.62. The van der Waals surface area contributed by atoms with Crippen LogP contribution in [0.3, 0.4) is 0 Å². The van der Waals surface area contributed by atoms with Crippen molar-refractivity contribution < 1.29 is 9.53 Å². The molecule has 19 heavy (non-hydrogen) atoms. The van der Waals surface area contributed by atoms with Gasteiger partial charge in [-0.2, -0.15) is 0 Å². The molecule has 1 fully saturated rings. The Bertz CT molecular complexity index is 442. The van der Waals surface area contributed by atoms with Crippen LogP contribution >= 0.6 is 0 Å². The van der Waals surface area contributed by atoms with Crippen molar-refractivity contribution in [3.63, 3.8) is 0 Å². The molecular weight excluding hydrogens is 242 g/mol. The summed E-state index contributed by atoms with van der Waals surface area (Å²) in [4.78, 5) is 16.4. The first-order chi connectivity index (χ1) is 9.19. The first-order valence-corrected chi connectivity index (χ1v) is 6.71. The minimum Gasteiger partial charge on any atom is -0.381 e. The van der Waals surface area contributed by atoms with Gasteiger partial charge in [0.2, 0.25) is 0 Å². The third-order valence-electron chi connectivity index (χ3n) is 3.36. The van der Waals surface area contributed by atoms with Crippen LogP contribution in [0.4, 0.5) is 5.82 Å². The van der Waals surface area contributed by atoms with Gasteiger partial charge in [0.05, 0.1) is 0 Å². The van der Waals surface area contributed by atoms with Gasteiger partial charge in [0.25, 0.3) is 5.91 Å². The second-order valence-corrected chi connectivity index (χ2v) is 4.90. The van der Waals surface area contributed by atoms with Gasteiger partial charge in [0.15, 0.2) is 0 Å². The smallest absolute Gasteiger partial charge is 0.251 e. The van der Waals surface area contributed by atoms with Crippen molar-refractivity contribution in [2.45, 2.75) is 19.8 Å². The van der Waals surface area contributed by atoms with Crippen molar-refractivity contribution in [3.8, 4) is 0 Å². The lowest BCUT2D eigenvalue weighted by Crippen LogP contribution is -2.32. The molecule has 2 N–H and O–H groups in total. The molecule has 0 aromatic carbocycles. The van der Waals surface area contributed by atoms with E-state index < -0.39 is 0 Å². The summed E-state index contributed by atoms with van der Waals surface area (Å²) in [5.41, 5.74) is 1.49. The van der Waals surface area contributed by atoms with Crippen LogP contribution in [0.5, 0.6) is 0 Å². The topological polar surface area (TPSA) is 63.2 Å². The molecule has 0 spiro atoms. The lowest BCUT2D eigenvalue weighted by atomic mass is 10.0. The van der Waals surface area contributed by atoms with Crippen LogP contribution in [-0.2, 0) is 4.74 Å². The standard InChI is InChI=1S/C14H21N3O2/c1-10-7-12(8-13(15-2)17-10)14(18)16-9-11-3-5-19-6-4-11/h7-8,11H,3-6,9H2,1-2H3,(H,15,17)(H,16,18). The zero-order valence-electron chi connectivity index (χ0n) is 11.5. The molecule has 0 aliphatic carbocycles. The van der Waals surface area contributed by atoms with Crippen molar-refractivity contribution in [3.05, 3.63) is 23.4 Å². The number of ether oxygens (including phenoxy) is 1. The average molecular weight is 263 g/mol. The van der Waals surface area contributed by atoms with E-state index in [1.54, 1.807) is 19.2 Å². The van der Waals surface area contributed by atoms with E-state index in [2.05, 4.69) is 15.6 Å². The van der Waals surface area contributed by atoms with E-state index in [1.807, 2.05) is 6.92 Å². The number of rotatable bonds is 4. The molecular formula is C14H21N3O2. The van der Waals surface area contributed by atoms with Gasteiger partial charge in [-0.1, -0.05) is 0 Å². The van der Waals surface area contributed by atoms with E-state index in [0.717, 1.165) is 44.1 Å². The number of aromatic nitrogens is 1. The van der Waals surface area contributed by atoms with Crippen molar-refractivity contribution >= 4 is 11.7 Å². The van der Waals surface area contributed by atoms with Gasteiger partial charge < -0.3 is 15.4 Å². The highest BCUT2D eigenvalue weighted by Crippen LogP contribution is 2.14. The Labute approximate surface area is 113 Å². The Balaban J connectivity index is 1.93. The van der Waals surface area contributed by atoms with Crippen LogP contribution in [0.25, 0.3) is 0 Å². The average Bonchev–Trinajstić information content (AvgIpc) is 2.45. The van der Waals surface area contributed by atoms with Crippen LogP contribution in [0.1, 0.15) is 28.9 Å². The van der Waals surface area contributed by atoms with Gasteiger partial charge in [-0.05, 0) is 37.8 Å². The summed E-state index contributed by atoms with van der Waals surface area (Å²) in [6.07, 6.45) is 2.05. The molecule has 1 aliphatic rings. The van der Waals surface area contributed by atoms with E-state index in [-0.39, 0.29) is 5.91 Å². The summed E-state index contributed by atoms with van der Waals surface area (Å²) in [6, 6.07) is 3.58. The predicted molar refractivity (Wildman–Crippen MR) is 74.4 cm³/mol. The highest BCUT2D eigenvalue weighted by Gasteiger charge is 2.15. The van der Waals surface area contributed by atoms with Crippen LogP contribution < -0.4 is 10.6 Å². The van der Waals surface area contributed by atoms with Gasteiger partial charge in [-0.15, -0.1) is 0 Å². The predicted octanol–water partition coefficient (Wildman–Crippen LogP) is 1.59. The van der Waals surface area contributed by atoms with E-state index >= 15 is 0 Å². The quantitative estimate of drug-likeness (QED) is 0.866. The summed E-state index contributed by atoms with van der Waals surface area (Å²) in [6.45, 7) is 4.21. The second kappa shape index (κ2) is 6.52. The summed E-state index contributed by atoms with van der Waals surface area (Å²) in [5, 5.41) is 5.96. The Kier molecular flexibility index (Phi) is 4.74. The molecule has 0 unspecified atom stereocenters. The number of aryl methyl sites for hydroxylation is 1. The summed E-state index contributed by atoms with van der Waals surface area (Å²) in [7, 11) is 1.80. The molecule has 1 amide bonds. The summed E-state index contributed by atoms with van der Waals surface area (Å²) >= 11 is 0. The molecule has 0 radical (unpaired) electrons. The molecule has 104 valence electrons. The molecule has 2 rings (SSSR count). The Morgan fingerprint density at radius 2 is 2.16 bits per heavy atom. The number of carbonyl (C=O) groups is 1. The number of hydrogen-bond acceptors (Lipinski definition) is 4. The third-order valence-corrected chi connectivity index (χ3v) is 3.36. The number of hydrogen-bond donors (Lipinski definition) is 2. The minimum atomic E-state index is -0.0338. The number of pyridine rings is 1. The lowest BCUT2D eigenvalue weighted by molar-refractivity contribution is 0.0642. The first-order valence-electron chi connectivity index (χ1n) is 6.71. The number of nitrogens with one attached hydrogen (secondary N) is 2. The van der Waals surface area contributed by atoms with Gasteiger partial charge in [0, 0.05) is 38.1 Å². The van der Waals surface area contributed by atoms with Gasteiger partial charge >= 0.3 is 0 Å². The molecule has 1 aromatic heterocycles. The number of nitrogens with zero attached hydrogens (tertiary/aromatic N) is 1. The van der Waals surface area contributed by atoms with Crippen molar-refractivity contribution in [2.24, 2.45) is 5.92 Å². The van der Waals surface area contributed by atoms with Crippen LogP contribution in [0.2, 0.25) is 0 Å². The summed E-state index contributed by atoms with van der Waals surface area (Å²) < 4.78 is 5.31. The molecule has 2 heterocycles. The van der Waals surface area contributed by atoms with Crippen molar-refractivity contribution in [2.75, 3.05) is 32.1 Å². The van der Waals surface area contributed by atoms with E-state index in [0.29, 0.717) is 11.5 Å². The molecule has 1 aliphatic heterocycles. The maximum atomic E-state index is 12.1. The number of anilines is 1. The van der Waals surface area contributed by atoms with Crippen molar-refractivity contribution in [1.82, 2.24) is 10.3 Å². The Morgan fingerprint density at radius 1 is 1.42 bits per heavy atom. The molecule has 1 aromatic rings. The monoisotopic (exact) mass is 263 g/mol. The van der Waals surface area contributed by atoms with Crippen LogP contribution in [-0.4, -0.2) is 37.7 Å². The molecule has 1 saturated heterocycles. The molecule has 5 nitrogen and oxygen atoms in total. The zero-order chi connectivity index (χ0) is 13.7. The summed E-state index contributed by atoms with van der Waals surface area (Å²) in [5.74, 6) is 1.22. The van der Waals surface area contributed by atoms with Crippen molar-refractivity contribution in [1.29, 1.82) is 0 Å². The molecule has 0 bridgehead atoms. The maximum absolute atomic E-state index is 12.1. The zero-order valence-corrected chi connectivity index (χ0v) is 11.5. The highest BCUT2D eigenvalue weighted by atomic mass is 16.5. The maximum Gasteiger partial charge on any atom is 0.251 e. The fourth-order valence-corrected chi connectivity index (χ4v) is 2.22. The number of carbonyl (C=O) groups excluding carboxylic acids is 1. The normalized spacial score (nSPS) is 16.1. The Morgan fingerprint density at radius 3 is 2.84 bits per heavy atom. The van der Waals surface area contributed by atoms with Crippen LogP contribution in [0.15, 0.2) is 12.1 Å². The first kappa shape index (κ1) is 13.8.